The van der Waals surface area contributed by atoms with Gasteiger partial charge in [-0.2, -0.15) is 0 Å². The summed E-state index contributed by atoms with van der Waals surface area (Å²) in [6.07, 6.45) is 1.27. The first kappa shape index (κ1) is 6.88. The number of H-pyrrole nitrogens is 2. The van der Waals surface area contributed by atoms with E-state index < -0.39 is 11.2 Å². The lowest BCUT2D eigenvalue weighted by Crippen LogP contribution is -2.23. The Labute approximate surface area is 60.9 Å². The Hall–Kier alpha value is -1.23. The van der Waals surface area contributed by atoms with Crippen LogP contribution in [0.1, 0.15) is 5.56 Å². The van der Waals surface area contributed by atoms with E-state index in [2.05, 4.69) is 17.2 Å². The summed E-state index contributed by atoms with van der Waals surface area (Å²) in [5, 5.41) is 1.20. The molecule has 0 spiro atoms. The van der Waals surface area contributed by atoms with E-state index in [-0.39, 0.29) is 5.56 Å². The highest BCUT2D eigenvalue weighted by molar-refractivity contribution is 7.79. The number of hydrogen-bond donors (Lipinski definition) is 2. The molecule has 0 bridgehead atoms. The molecule has 0 aromatic carbocycles. The number of aromatic nitrogens is 2. The second-order valence-electron chi connectivity index (χ2n) is 1.65. The summed E-state index contributed by atoms with van der Waals surface area (Å²) in [5.41, 5.74) is -0.695. The molecule has 0 aliphatic heterocycles. The van der Waals surface area contributed by atoms with Gasteiger partial charge in [0.05, 0.1) is 5.56 Å². The molecule has 10 heavy (non-hydrogen) atoms. The Morgan fingerprint density at radius 3 is 2.70 bits per heavy atom. The lowest BCUT2D eigenvalue weighted by Gasteiger charge is -1.85. The van der Waals surface area contributed by atoms with E-state index in [1.807, 2.05) is 4.98 Å². The van der Waals surface area contributed by atoms with Crippen LogP contribution in [-0.2, 0) is 0 Å². The second kappa shape index (κ2) is 2.57. The van der Waals surface area contributed by atoms with Crippen molar-refractivity contribution in [2.24, 2.45) is 0 Å². The van der Waals surface area contributed by atoms with E-state index >= 15 is 0 Å². The molecule has 0 atom stereocenters. The number of hydrogen-bond acceptors (Lipinski definition) is 3. The smallest absolute Gasteiger partial charge is 0.313 e. The minimum absolute atomic E-state index is 0.287. The van der Waals surface area contributed by atoms with E-state index in [0.29, 0.717) is 0 Å². The molecule has 0 saturated carbocycles. The summed E-state index contributed by atoms with van der Waals surface area (Å²) in [6, 6.07) is 0. The molecule has 1 aromatic heterocycles. The SMILES string of the molecule is O=c1[nH]cc(C=S)c(=O)[nH]1. The minimum atomic E-state index is -0.523. The van der Waals surface area contributed by atoms with E-state index in [4.69, 9.17) is 0 Å². The van der Waals surface area contributed by atoms with Gasteiger partial charge in [0.25, 0.3) is 5.56 Å². The summed E-state index contributed by atoms with van der Waals surface area (Å²) in [5.74, 6) is 0. The van der Waals surface area contributed by atoms with Crippen molar-refractivity contribution < 1.29 is 0 Å². The predicted molar refractivity (Wildman–Crippen MR) is 40.4 cm³/mol. The zero-order valence-electron chi connectivity index (χ0n) is 4.88. The molecule has 1 rings (SSSR count). The van der Waals surface area contributed by atoms with Crippen molar-refractivity contribution in [3.8, 4) is 0 Å². The zero-order valence-corrected chi connectivity index (χ0v) is 5.70. The van der Waals surface area contributed by atoms with Gasteiger partial charge in [-0.15, -0.1) is 0 Å². The highest BCUT2D eigenvalue weighted by atomic mass is 32.1. The highest BCUT2D eigenvalue weighted by Crippen LogP contribution is 1.74. The van der Waals surface area contributed by atoms with Crippen LogP contribution >= 0.6 is 12.2 Å². The molecule has 0 unspecified atom stereocenters. The Bertz CT molecular complexity index is 351. The standard InChI is InChI=1S/C5H4N2O2S/c8-4-3(2-10)1-6-5(9)7-4/h1-2H,(H2,6,7,8,9). The molecule has 5 heteroatoms. The van der Waals surface area contributed by atoms with Crippen LogP contribution in [0.5, 0.6) is 0 Å². The van der Waals surface area contributed by atoms with Gasteiger partial charge in [-0.05, 0) is 0 Å². The third-order valence-electron chi connectivity index (χ3n) is 0.975. The molecule has 52 valence electrons. The van der Waals surface area contributed by atoms with Gasteiger partial charge in [-0.1, -0.05) is 12.2 Å². The third-order valence-corrected chi connectivity index (χ3v) is 1.23. The van der Waals surface area contributed by atoms with E-state index in [9.17, 15) is 9.59 Å². The van der Waals surface area contributed by atoms with Crippen LogP contribution in [0.15, 0.2) is 15.8 Å². The Kier molecular flexibility index (Phi) is 1.77. The number of rotatable bonds is 1. The van der Waals surface area contributed by atoms with Gasteiger partial charge in [-0.25, -0.2) is 4.79 Å². The summed E-state index contributed by atoms with van der Waals surface area (Å²) in [7, 11) is 0. The van der Waals surface area contributed by atoms with Crippen LogP contribution in [0.4, 0.5) is 0 Å². The summed E-state index contributed by atoms with van der Waals surface area (Å²) in [4.78, 5) is 25.4. The van der Waals surface area contributed by atoms with Crippen molar-refractivity contribution in [1.29, 1.82) is 0 Å². The largest absolute Gasteiger partial charge is 0.325 e. The molecule has 0 fully saturated rings. The van der Waals surface area contributed by atoms with Gasteiger partial charge in [0, 0.05) is 11.6 Å². The normalized spacial score (nSPS) is 9.20. The van der Waals surface area contributed by atoms with Crippen molar-refractivity contribution >= 4 is 17.6 Å². The highest BCUT2D eigenvalue weighted by Gasteiger charge is 1.92. The van der Waals surface area contributed by atoms with E-state index in [1.165, 1.54) is 11.6 Å². The molecule has 2 N–H and O–H groups in total. The van der Waals surface area contributed by atoms with Crippen LogP contribution < -0.4 is 11.2 Å². The van der Waals surface area contributed by atoms with Gasteiger partial charge in [0.2, 0.25) is 0 Å². The van der Waals surface area contributed by atoms with Crippen molar-refractivity contribution in [3.05, 3.63) is 32.6 Å². The first-order valence-corrected chi connectivity index (χ1v) is 2.98. The van der Waals surface area contributed by atoms with E-state index in [1.54, 1.807) is 0 Å². The minimum Gasteiger partial charge on any atom is -0.313 e. The van der Waals surface area contributed by atoms with Gasteiger partial charge in [0.15, 0.2) is 0 Å². The average Bonchev–Trinajstić information content (AvgIpc) is 1.88. The average molecular weight is 156 g/mol. The fourth-order valence-electron chi connectivity index (χ4n) is 0.508. The molecule has 0 radical (unpaired) electrons. The van der Waals surface area contributed by atoms with Crippen LogP contribution in [0.25, 0.3) is 0 Å². The maximum Gasteiger partial charge on any atom is 0.325 e. The van der Waals surface area contributed by atoms with Crippen LogP contribution in [0.3, 0.4) is 0 Å². The summed E-state index contributed by atoms with van der Waals surface area (Å²) in [6.45, 7) is 0. The predicted octanol–water partition coefficient (Wildman–Crippen LogP) is -0.589. The maximum absolute atomic E-state index is 10.7. The van der Waals surface area contributed by atoms with Crippen LogP contribution in [0, 0.1) is 0 Å². The summed E-state index contributed by atoms with van der Waals surface area (Å²) >= 11 is 4.48. The van der Waals surface area contributed by atoms with Crippen LogP contribution in [-0.4, -0.2) is 15.3 Å². The zero-order chi connectivity index (χ0) is 7.56. The van der Waals surface area contributed by atoms with Crippen LogP contribution in [0.2, 0.25) is 0 Å². The number of nitrogens with one attached hydrogen (secondary N) is 2. The van der Waals surface area contributed by atoms with Gasteiger partial charge >= 0.3 is 5.69 Å². The Balaban J connectivity index is 3.48. The van der Waals surface area contributed by atoms with Crippen molar-refractivity contribution in [3.63, 3.8) is 0 Å². The molecule has 0 amide bonds. The van der Waals surface area contributed by atoms with Crippen molar-refractivity contribution in [2.75, 3.05) is 0 Å². The lowest BCUT2D eigenvalue weighted by atomic mass is 10.4. The summed E-state index contributed by atoms with van der Waals surface area (Å²) < 4.78 is 0. The maximum atomic E-state index is 10.7. The third kappa shape index (κ3) is 1.19. The molecule has 1 aromatic rings. The van der Waals surface area contributed by atoms with Gasteiger partial charge in [-0.3, -0.25) is 9.78 Å². The second-order valence-corrected chi connectivity index (χ2v) is 1.88. The Morgan fingerprint density at radius 2 is 2.20 bits per heavy atom. The Morgan fingerprint density at radius 1 is 1.50 bits per heavy atom. The molecule has 4 nitrogen and oxygen atoms in total. The lowest BCUT2D eigenvalue weighted by molar-refractivity contribution is 1.03. The number of thiocarbonyl (C=S) groups is 1. The first-order valence-electron chi connectivity index (χ1n) is 2.51. The fourth-order valence-corrected chi connectivity index (χ4v) is 0.683. The van der Waals surface area contributed by atoms with Gasteiger partial charge < -0.3 is 4.98 Å². The molecular formula is C5H4N2O2S. The van der Waals surface area contributed by atoms with E-state index in [0.717, 1.165) is 0 Å². The fraction of sp³-hybridized carbons (Fsp3) is 0. The molecule has 0 aliphatic carbocycles. The molecule has 1 heterocycles. The molecule has 0 saturated heterocycles. The van der Waals surface area contributed by atoms with Crippen molar-refractivity contribution in [2.45, 2.75) is 0 Å². The topological polar surface area (TPSA) is 65.7 Å². The first-order chi connectivity index (χ1) is 4.74. The molecule has 0 aliphatic rings. The van der Waals surface area contributed by atoms with Crippen molar-refractivity contribution in [1.82, 2.24) is 9.97 Å². The monoisotopic (exact) mass is 156 g/mol. The molecular weight excluding hydrogens is 152 g/mol. The van der Waals surface area contributed by atoms with Gasteiger partial charge in [0.1, 0.15) is 0 Å². The number of aromatic amines is 2. The quantitative estimate of drug-likeness (QED) is 0.534.